The Balaban J connectivity index is 1.62. The molecule has 0 bridgehead atoms. The van der Waals surface area contributed by atoms with Gasteiger partial charge in [0.15, 0.2) is 11.5 Å². The van der Waals surface area contributed by atoms with Crippen LogP contribution < -0.4 is 10.1 Å². The van der Waals surface area contributed by atoms with Gasteiger partial charge in [-0.1, -0.05) is 0 Å². The number of hydrogen-bond donors (Lipinski definition) is 1. The zero-order chi connectivity index (χ0) is 21.3. The predicted octanol–water partition coefficient (Wildman–Crippen LogP) is 2.69. The zero-order valence-corrected chi connectivity index (χ0v) is 17.9. The van der Waals surface area contributed by atoms with Crippen LogP contribution in [-0.2, 0) is 0 Å². The molecule has 1 amide bonds. The third-order valence-corrected chi connectivity index (χ3v) is 5.62. The molecule has 1 unspecified atom stereocenters. The van der Waals surface area contributed by atoms with E-state index in [9.17, 15) is 4.79 Å². The number of benzene rings is 1. The number of aromatic nitrogens is 3. The van der Waals surface area contributed by atoms with E-state index in [-0.39, 0.29) is 11.9 Å². The highest BCUT2D eigenvalue weighted by molar-refractivity contribution is 6.04. The number of carbonyl (C=O) groups is 1. The van der Waals surface area contributed by atoms with E-state index in [0.29, 0.717) is 17.3 Å². The van der Waals surface area contributed by atoms with E-state index >= 15 is 0 Å². The summed E-state index contributed by atoms with van der Waals surface area (Å²) in [6, 6.07) is 11.4. The van der Waals surface area contributed by atoms with Crippen LogP contribution in [-0.4, -0.2) is 70.1 Å². The van der Waals surface area contributed by atoms with Gasteiger partial charge in [0.05, 0.1) is 18.7 Å². The van der Waals surface area contributed by atoms with Crippen molar-refractivity contribution in [3.63, 3.8) is 0 Å². The van der Waals surface area contributed by atoms with Gasteiger partial charge in [-0.15, -0.1) is 10.2 Å². The number of ether oxygens (including phenoxy) is 1. The third-order valence-electron chi connectivity index (χ3n) is 5.62. The quantitative estimate of drug-likeness (QED) is 0.700. The van der Waals surface area contributed by atoms with Crippen LogP contribution >= 0.6 is 0 Å². The summed E-state index contributed by atoms with van der Waals surface area (Å²) in [6.07, 6.45) is 1.83. The van der Waals surface area contributed by atoms with Gasteiger partial charge < -0.3 is 15.0 Å². The lowest BCUT2D eigenvalue weighted by atomic mass is 10.1. The fraction of sp³-hybridized carbons (Fsp3) is 0.409. The summed E-state index contributed by atoms with van der Waals surface area (Å²) in [5, 5.41) is 11.8. The Morgan fingerprint density at radius 1 is 1.13 bits per heavy atom. The van der Waals surface area contributed by atoms with Crippen molar-refractivity contribution in [1.29, 1.82) is 0 Å². The molecule has 158 valence electrons. The molecule has 3 aromatic rings. The summed E-state index contributed by atoms with van der Waals surface area (Å²) in [7, 11) is 3.74. The Kier molecular flexibility index (Phi) is 5.69. The van der Waals surface area contributed by atoms with E-state index in [2.05, 4.69) is 46.2 Å². The van der Waals surface area contributed by atoms with Crippen LogP contribution in [0.4, 0.5) is 5.69 Å². The van der Waals surface area contributed by atoms with Crippen LogP contribution in [0.1, 0.15) is 36.1 Å². The van der Waals surface area contributed by atoms with Crippen molar-refractivity contribution in [2.45, 2.75) is 25.9 Å². The lowest BCUT2D eigenvalue weighted by Gasteiger charge is -2.41. The predicted molar refractivity (Wildman–Crippen MR) is 116 cm³/mol. The molecule has 0 saturated carbocycles. The number of piperazine rings is 1. The van der Waals surface area contributed by atoms with E-state index in [1.807, 2.05) is 40.9 Å². The summed E-state index contributed by atoms with van der Waals surface area (Å²) in [6.45, 7) is 7.29. The first-order valence-corrected chi connectivity index (χ1v) is 10.2. The number of fused-ring (bicyclic) bond motifs is 1. The van der Waals surface area contributed by atoms with Gasteiger partial charge in [0.1, 0.15) is 5.75 Å². The minimum atomic E-state index is -0.178. The normalized spacial score (nSPS) is 18.1. The molecule has 1 aliphatic heterocycles. The van der Waals surface area contributed by atoms with E-state index in [4.69, 9.17) is 4.74 Å². The second kappa shape index (κ2) is 8.41. The number of rotatable bonds is 5. The highest BCUT2D eigenvalue weighted by atomic mass is 16.5. The van der Waals surface area contributed by atoms with Crippen molar-refractivity contribution in [2.75, 3.05) is 39.1 Å². The van der Waals surface area contributed by atoms with Crippen LogP contribution in [0.5, 0.6) is 5.75 Å². The van der Waals surface area contributed by atoms with Crippen molar-refractivity contribution in [1.82, 2.24) is 24.4 Å². The van der Waals surface area contributed by atoms with Gasteiger partial charge in [0.2, 0.25) is 0 Å². The summed E-state index contributed by atoms with van der Waals surface area (Å²) in [5.74, 6) is 1.43. The first-order chi connectivity index (χ1) is 14.5. The van der Waals surface area contributed by atoms with Crippen LogP contribution in [0.25, 0.3) is 5.65 Å². The molecule has 0 radical (unpaired) electrons. The molecule has 1 fully saturated rings. The van der Waals surface area contributed by atoms with Crippen molar-refractivity contribution < 1.29 is 9.53 Å². The Hall–Kier alpha value is -2.97. The molecule has 2 aromatic heterocycles. The van der Waals surface area contributed by atoms with Gasteiger partial charge in [0.25, 0.3) is 5.91 Å². The van der Waals surface area contributed by atoms with E-state index in [1.165, 1.54) is 0 Å². The number of hydrogen-bond acceptors (Lipinski definition) is 6. The summed E-state index contributed by atoms with van der Waals surface area (Å²) < 4.78 is 7.11. The molecule has 8 nitrogen and oxygen atoms in total. The lowest BCUT2D eigenvalue weighted by molar-refractivity contribution is 0.0586. The Labute approximate surface area is 176 Å². The molecule has 0 aliphatic carbocycles. The standard InChI is InChI=1S/C22H28N6O2/c1-15(2)27-12-11-26(3)14-19(27)21-25-24-20-10-5-16(13-28(20)21)22(29)23-17-6-8-18(30-4)9-7-17/h5-10,13,15,19H,11-12,14H2,1-4H3,(H,23,29). The van der Waals surface area contributed by atoms with Crippen LogP contribution in [0.15, 0.2) is 42.6 Å². The first-order valence-electron chi connectivity index (χ1n) is 10.2. The number of carbonyl (C=O) groups excluding carboxylic acids is 1. The van der Waals surface area contributed by atoms with E-state index < -0.39 is 0 Å². The average molecular weight is 409 g/mol. The van der Waals surface area contributed by atoms with Gasteiger partial charge in [-0.05, 0) is 57.3 Å². The molecule has 4 rings (SSSR count). The lowest BCUT2D eigenvalue weighted by Crippen LogP contribution is -2.50. The molecule has 1 atom stereocenters. The van der Waals surface area contributed by atoms with Crippen LogP contribution in [0.2, 0.25) is 0 Å². The molecule has 0 spiro atoms. The topological polar surface area (TPSA) is 75.0 Å². The van der Waals surface area contributed by atoms with Crippen molar-refractivity contribution in [2.24, 2.45) is 0 Å². The van der Waals surface area contributed by atoms with Gasteiger partial charge in [-0.3, -0.25) is 14.1 Å². The van der Waals surface area contributed by atoms with Gasteiger partial charge in [-0.2, -0.15) is 0 Å². The van der Waals surface area contributed by atoms with Gasteiger partial charge >= 0.3 is 0 Å². The molecule has 1 saturated heterocycles. The molecular weight excluding hydrogens is 380 g/mol. The summed E-state index contributed by atoms with van der Waals surface area (Å²) in [4.78, 5) is 17.6. The SMILES string of the molecule is COc1ccc(NC(=O)c2ccc3nnc(C4CN(C)CCN4C(C)C)n3c2)cc1. The van der Waals surface area contributed by atoms with Gasteiger partial charge in [0, 0.05) is 37.6 Å². The average Bonchev–Trinajstić information content (AvgIpc) is 3.17. The molecular formula is C22H28N6O2. The third kappa shape index (κ3) is 4.01. The molecule has 1 aromatic carbocycles. The smallest absolute Gasteiger partial charge is 0.257 e. The number of methoxy groups -OCH3 is 1. The number of anilines is 1. The van der Waals surface area contributed by atoms with Crippen LogP contribution in [0.3, 0.4) is 0 Å². The second-order valence-electron chi connectivity index (χ2n) is 8.00. The van der Waals surface area contributed by atoms with E-state index in [0.717, 1.165) is 36.9 Å². The number of amides is 1. The molecule has 30 heavy (non-hydrogen) atoms. The monoisotopic (exact) mass is 408 g/mol. The minimum absolute atomic E-state index is 0.124. The first kappa shape index (κ1) is 20.3. The molecule has 1 N–H and O–H groups in total. The van der Waals surface area contributed by atoms with Crippen molar-refractivity contribution >= 4 is 17.2 Å². The van der Waals surface area contributed by atoms with Crippen molar-refractivity contribution in [3.8, 4) is 5.75 Å². The Morgan fingerprint density at radius 3 is 2.60 bits per heavy atom. The van der Waals surface area contributed by atoms with Gasteiger partial charge in [-0.25, -0.2) is 0 Å². The summed E-state index contributed by atoms with van der Waals surface area (Å²) in [5.41, 5.74) is 2.01. The van der Waals surface area contributed by atoms with Crippen molar-refractivity contribution in [3.05, 3.63) is 54.0 Å². The van der Waals surface area contributed by atoms with E-state index in [1.54, 1.807) is 13.2 Å². The Morgan fingerprint density at radius 2 is 1.90 bits per heavy atom. The highest BCUT2D eigenvalue weighted by Gasteiger charge is 2.31. The molecule has 3 heterocycles. The molecule has 1 aliphatic rings. The number of likely N-dealkylation sites (N-methyl/N-ethyl adjacent to an activating group) is 1. The highest BCUT2D eigenvalue weighted by Crippen LogP contribution is 2.26. The maximum Gasteiger partial charge on any atom is 0.257 e. The molecule has 8 heteroatoms. The minimum Gasteiger partial charge on any atom is -0.497 e. The van der Waals surface area contributed by atoms with Crippen LogP contribution in [0, 0.1) is 0 Å². The zero-order valence-electron chi connectivity index (χ0n) is 17.9. The fourth-order valence-electron chi connectivity index (χ4n) is 3.93. The second-order valence-corrected chi connectivity index (χ2v) is 8.00. The maximum atomic E-state index is 12.8. The fourth-order valence-corrected chi connectivity index (χ4v) is 3.93. The number of nitrogens with zero attached hydrogens (tertiary/aromatic N) is 5. The number of pyridine rings is 1. The number of nitrogens with one attached hydrogen (secondary N) is 1. The largest absolute Gasteiger partial charge is 0.497 e. The summed E-state index contributed by atoms with van der Waals surface area (Å²) >= 11 is 0. The Bertz CT molecular complexity index is 1030. The maximum absolute atomic E-state index is 12.8.